The van der Waals surface area contributed by atoms with E-state index in [4.69, 9.17) is 16.4 Å². The molecule has 8 heteroatoms. The minimum atomic E-state index is -1.02. The summed E-state index contributed by atoms with van der Waals surface area (Å²) < 4.78 is 0. The average Bonchev–Trinajstić information content (AvgIpc) is 2.20. The Labute approximate surface area is 91.3 Å². The third-order valence-electron chi connectivity index (χ3n) is 1.56. The van der Waals surface area contributed by atoms with Crippen LogP contribution < -0.4 is 5.73 Å². The summed E-state index contributed by atoms with van der Waals surface area (Å²) in [6, 6.07) is -0.855. The third kappa shape index (κ3) is 8.07. The van der Waals surface area contributed by atoms with Crippen LogP contribution in [0.15, 0.2) is 5.11 Å². The molecule has 0 aliphatic rings. The van der Waals surface area contributed by atoms with Gasteiger partial charge >= 0.3 is 5.97 Å². The van der Waals surface area contributed by atoms with Crippen molar-refractivity contribution in [2.24, 2.45) is 10.8 Å². The van der Waals surface area contributed by atoms with Crippen molar-refractivity contribution < 1.29 is 15.0 Å². The Kier molecular flexibility index (Phi) is 7.84. The van der Waals surface area contributed by atoms with Crippen molar-refractivity contribution in [1.29, 1.82) is 0 Å². The van der Waals surface area contributed by atoms with Crippen molar-refractivity contribution >= 4 is 17.7 Å². The second kappa shape index (κ2) is 8.37. The van der Waals surface area contributed by atoms with Crippen LogP contribution in [0.25, 0.3) is 10.4 Å². The van der Waals surface area contributed by atoms with Crippen molar-refractivity contribution in [2.75, 3.05) is 18.1 Å². The summed E-state index contributed by atoms with van der Waals surface area (Å²) in [6.45, 7) is 0.0362. The third-order valence-corrected chi connectivity index (χ3v) is 2.70. The minimum Gasteiger partial charge on any atom is -0.480 e. The van der Waals surface area contributed by atoms with Gasteiger partial charge in [0.05, 0.1) is 12.6 Å². The number of aliphatic carboxylic acids is 1. The maximum absolute atomic E-state index is 10.3. The number of carboxylic acids is 1. The maximum Gasteiger partial charge on any atom is 0.320 e. The summed E-state index contributed by atoms with van der Waals surface area (Å²) in [7, 11) is 0. The molecule has 0 fully saturated rings. The van der Waals surface area contributed by atoms with Crippen LogP contribution in [0.1, 0.15) is 6.42 Å². The molecule has 0 radical (unpaired) electrons. The van der Waals surface area contributed by atoms with E-state index >= 15 is 0 Å². The molecule has 0 saturated heterocycles. The number of thioether (sulfide) groups is 1. The normalized spacial score (nSPS) is 14.0. The predicted molar refractivity (Wildman–Crippen MR) is 57.6 cm³/mol. The standard InChI is InChI=1S/C7H14N4O3S/c8-6(7(13)14)1-2-15-4-5(12)3-10-11-9/h5-6,12H,1-4,8H2,(H,13,14)/t5?,6-/m0/s1. The SMILES string of the molecule is [N-]=[N+]=NCC(O)CSCC[C@H](N)C(=O)O. The number of hydrogen-bond acceptors (Lipinski definition) is 5. The second-order valence-electron chi connectivity index (χ2n) is 2.88. The van der Waals surface area contributed by atoms with E-state index in [0.717, 1.165) is 0 Å². The molecule has 0 aliphatic heterocycles. The highest BCUT2D eigenvalue weighted by molar-refractivity contribution is 7.99. The first-order valence-corrected chi connectivity index (χ1v) is 5.48. The maximum atomic E-state index is 10.3. The molecular weight excluding hydrogens is 220 g/mol. The minimum absolute atomic E-state index is 0.0362. The van der Waals surface area contributed by atoms with Gasteiger partial charge in [0.1, 0.15) is 6.04 Å². The van der Waals surface area contributed by atoms with Gasteiger partial charge in [-0.15, -0.1) is 0 Å². The van der Waals surface area contributed by atoms with Gasteiger partial charge in [0, 0.05) is 10.7 Å². The molecule has 2 atom stereocenters. The topological polar surface area (TPSA) is 132 Å². The van der Waals surface area contributed by atoms with E-state index in [9.17, 15) is 9.90 Å². The molecule has 0 aromatic rings. The zero-order valence-corrected chi connectivity index (χ0v) is 8.93. The molecule has 15 heavy (non-hydrogen) atoms. The molecule has 7 nitrogen and oxygen atoms in total. The van der Waals surface area contributed by atoms with Gasteiger partial charge in [-0.25, -0.2) is 0 Å². The molecule has 0 bridgehead atoms. The highest BCUT2D eigenvalue weighted by Gasteiger charge is 2.11. The number of nitrogens with zero attached hydrogens (tertiary/aromatic N) is 3. The van der Waals surface area contributed by atoms with E-state index in [1.807, 2.05) is 0 Å². The summed E-state index contributed by atoms with van der Waals surface area (Å²) >= 11 is 1.38. The van der Waals surface area contributed by atoms with Gasteiger partial charge in [-0.2, -0.15) is 11.8 Å². The fourth-order valence-electron chi connectivity index (χ4n) is 0.737. The molecule has 0 aromatic heterocycles. The van der Waals surface area contributed by atoms with Crippen LogP contribution in [0, 0.1) is 0 Å². The Bertz CT molecular complexity index is 244. The van der Waals surface area contributed by atoms with Crippen LogP contribution in [-0.2, 0) is 4.79 Å². The van der Waals surface area contributed by atoms with Crippen molar-refractivity contribution in [3.05, 3.63) is 10.4 Å². The quantitative estimate of drug-likeness (QED) is 0.239. The number of aliphatic hydroxyl groups is 1. The fraction of sp³-hybridized carbons (Fsp3) is 0.857. The molecule has 0 heterocycles. The van der Waals surface area contributed by atoms with E-state index in [1.165, 1.54) is 11.8 Å². The van der Waals surface area contributed by atoms with Gasteiger partial charge in [0.2, 0.25) is 0 Å². The summed E-state index contributed by atoms with van der Waals surface area (Å²) in [5, 5.41) is 20.9. The summed E-state index contributed by atoms with van der Waals surface area (Å²) in [5.41, 5.74) is 13.3. The van der Waals surface area contributed by atoms with E-state index in [0.29, 0.717) is 17.9 Å². The molecule has 0 amide bonds. The first-order valence-electron chi connectivity index (χ1n) is 4.33. The van der Waals surface area contributed by atoms with Crippen LogP contribution in [0.5, 0.6) is 0 Å². The Morgan fingerprint density at radius 3 is 2.87 bits per heavy atom. The lowest BCUT2D eigenvalue weighted by molar-refractivity contribution is -0.138. The average molecular weight is 234 g/mol. The van der Waals surface area contributed by atoms with Gasteiger partial charge in [0.15, 0.2) is 0 Å². The number of rotatable bonds is 8. The molecular formula is C7H14N4O3S. The summed E-state index contributed by atoms with van der Waals surface area (Å²) in [5.74, 6) is -0.0585. The molecule has 0 aromatic carbocycles. The Balaban J connectivity index is 3.45. The Morgan fingerprint density at radius 2 is 2.33 bits per heavy atom. The highest BCUT2D eigenvalue weighted by Crippen LogP contribution is 2.06. The lowest BCUT2D eigenvalue weighted by Gasteiger charge is -2.08. The van der Waals surface area contributed by atoms with Crippen LogP contribution >= 0.6 is 11.8 Å². The molecule has 1 unspecified atom stereocenters. The lowest BCUT2D eigenvalue weighted by atomic mass is 10.2. The number of carboxylic acid groups (broad SMARTS) is 1. The monoisotopic (exact) mass is 234 g/mol. The molecule has 0 saturated carbocycles. The van der Waals surface area contributed by atoms with Gasteiger partial charge in [-0.05, 0) is 17.7 Å². The fourth-order valence-corrected chi connectivity index (χ4v) is 1.70. The first kappa shape index (κ1) is 14.1. The van der Waals surface area contributed by atoms with E-state index in [-0.39, 0.29) is 6.54 Å². The number of azide groups is 1. The van der Waals surface area contributed by atoms with Gasteiger partial charge in [-0.1, -0.05) is 5.11 Å². The van der Waals surface area contributed by atoms with Crippen LogP contribution in [0.4, 0.5) is 0 Å². The summed E-state index contributed by atoms with van der Waals surface area (Å²) in [4.78, 5) is 12.8. The predicted octanol–water partition coefficient (Wildman–Crippen LogP) is 0.193. The van der Waals surface area contributed by atoms with E-state index in [1.54, 1.807) is 0 Å². The zero-order chi connectivity index (χ0) is 11.7. The lowest BCUT2D eigenvalue weighted by Crippen LogP contribution is -2.30. The molecule has 4 N–H and O–H groups in total. The number of aliphatic hydroxyl groups excluding tert-OH is 1. The second-order valence-corrected chi connectivity index (χ2v) is 4.03. The molecule has 0 spiro atoms. The van der Waals surface area contributed by atoms with Crippen molar-refractivity contribution in [3.63, 3.8) is 0 Å². The van der Waals surface area contributed by atoms with Gasteiger partial charge < -0.3 is 15.9 Å². The number of hydrogen-bond donors (Lipinski definition) is 3. The zero-order valence-electron chi connectivity index (χ0n) is 8.11. The van der Waals surface area contributed by atoms with E-state index < -0.39 is 18.1 Å². The highest BCUT2D eigenvalue weighted by atomic mass is 32.2. The van der Waals surface area contributed by atoms with Crippen LogP contribution in [-0.4, -0.2) is 46.4 Å². The first-order chi connectivity index (χ1) is 7.07. The van der Waals surface area contributed by atoms with Crippen molar-refractivity contribution in [1.82, 2.24) is 0 Å². The Morgan fingerprint density at radius 1 is 1.67 bits per heavy atom. The van der Waals surface area contributed by atoms with Crippen LogP contribution in [0.3, 0.4) is 0 Å². The molecule has 0 rings (SSSR count). The van der Waals surface area contributed by atoms with Gasteiger partial charge in [-0.3, -0.25) is 4.79 Å². The van der Waals surface area contributed by atoms with Crippen molar-refractivity contribution in [2.45, 2.75) is 18.6 Å². The summed E-state index contributed by atoms with van der Waals surface area (Å²) in [6.07, 6.45) is -0.333. The van der Waals surface area contributed by atoms with E-state index in [2.05, 4.69) is 10.0 Å². The Hall–Kier alpha value is -0.950. The van der Waals surface area contributed by atoms with Crippen molar-refractivity contribution in [3.8, 4) is 0 Å². The largest absolute Gasteiger partial charge is 0.480 e. The molecule has 86 valence electrons. The molecule has 0 aliphatic carbocycles. The number of carbonyl (C=O) groups is 1. The number of nitrogens with two attached hydrogens (primary N) is 1. The van der Waals surface area contributed by atoms with Gasteiger partial charge in [0.25, 0.3) is 0 Å². The van der Waals surface area contributed by atoms with Crippen LogP contribution in [0.2, 0.25) is 0 Å². The smallest absolute Gasteiger partial charge is 0.320 e.